The van der Waals surface area contributed by atoms with E-state index in [1.54, 1.807) is 25.1 Å². The van der Waals surface area contributed by atoms with Crippen molar-refractivity contribution in [1.29, 1.82) is 0 Å². The van der Waals surface area contributed by atoms with E-state index < -0.39 is 30.4 Å². The first-order chi connectivity index (χ1) is 12.0. The molecule has 4 nitrogen and oxygen atoms in total. The number of alkyl halides is 6. The first-order valence-corrected chi connectivity index (χ1v) is 7.49. The van der Waals surface area contributed by atoms with Gasteiger partial charge in [-0.2, -0.15) is 31.3 Å². The lowest BCUT2D eigenvalue weighted by Gasteiger charge is -2.23. The third-order valence-corrected chi connectivity index (χ3v) is 3.29. The molecule has 0 amide bonds. The average molecular weight is 379 g/mol. The third-order valence-electron chi connectivity index (χ3n) is 3.29. The molecule has 0 spiro atoms. The van der Waals surface area contributed by atoms with Crippen molar-refractivity contribution in [3.05, 3.63) is 41.6 Å². The number of nitrogens with zero attached hydrogens (tertiary/aromatic N) is 3. The fraction of sp³-hybridized carbons (Fsp3) is 0.375. The van der Waals surface area contributed by atoms with Gasteiger partial charge in [-0.3, -0.25) is 0 Å². The highest BCUT2D eigenvalue weighted by molar-refractivity contribution is 5.58. The van der Waals surface area contributed by atoms with Crippen LogP contribution in [-0.2, 0) is 6.18 Å². The van der Waals surface area contributed by atoms with Crippen LogP contribution in [0.15, 0.2) is 30.5 Å². The van der Waals surface area contributed by atoms with Crippen LogP contribution >= 0.6 is 0 Å². The molecule has 0 radical (unpaired) electrons. The van der Waals surface area contributed by atoms with Gasteiger partial charge in [0.05, 0.1) is 0 Å². The average Bonchev–Trinajstić information content (AvgIpc) is 2.52. The van der Waals surface area contributed by atoms with Gasteiger partial charge in [0, 0.05) is 18.4 Å². The maximum atomic E-state index is 13.0. The van der Waals surface area contributed by atoms with Gasteiger partial charge in [0.15, 0.2) is 6.61 Å². The molecule has 0 fully saturated rings. The number of aryl methyl sites for hydroxylation is 1. The van der Waals surface area contributed by atoms with E-state index in [0.717, 1.165) is 5.56 Å². The summed E-state index contributed by atoms with van der Waals surface area (Å²) < 4.78 is 80.3. The predicted molar refractivity (Wildman–Crippen MR) is 82.4 cm³/mol. The molecule has 0 aliphatic carbocycles. The lowest BCUT2D eigenvalue weighted by molar-refractivity contribution is -0.159. The molecule has 0 N–H and O–H groups in total. The van der Waals surface area contributed by atoms with Crippen LogP contribution in [0.2, 0.25) is 0 Å². The fourth-order valence-corrected chi connectivity index (χ4v) is 2.18. The minimum absolute atomic E-state index is 0.191. The summed E-state index contributed by atoms with van der Waals surface area (Å²) in [5, 5.41) is 0. The molecule has 0 bridgehead atoms. The van der Waals surface area contributed by atoms with E-state index in [9.17, 15) is 26.3 Å². The Labute approximate surface area is 145 Å². The topological polar surface area (TPSA) is 38.2 Å². The lowest BCUT2D eigenvalue weighted by Crippen LogP contribution is -2.24. The van der Waals surface area contributed by atoms with E-state index >= 15 is 0 Å². The van der Waals surface area contributed by atoms with E-state index in [1.807, 2.05) is 13.0 Å². The summed E-state index contributed by atoms with van der Waals surface area (Å²) in [6.45, 7) is 1.93. The predicted octanol–water partition coefficient (Wildman–Crippen LogP) is 4.90. The molecule has 142 valence electrons. The Hall–Kier alpha value is -2.52. The molecule has 0 aliphatic rings. The van der Waals surface area contributed by atoms with Gasteiger partial charge >= 0.3 is 12.4 Å². The van der Waals surface area contributed by atoms with Crippen molar-refractivity contribution in [2.45, 2.75) is 26.2 Å². The summed E-state index contributed by atoms with van der Waals surface area (Å²) in [6, 6.07) is 7.00. The van der Waals surface area contributed by atoms with Gasteiger partial charge < -0.3 is 9.64 Å². The Bertz CT molecular complexity index is 760. The van der Waals surface area contributed by atoms with Gasteiger partial charge in [-0.15, -0.1) is 0 Å². The molecular weight excluding hydrogens is 364 g/mol. The summed E-state index contributed by atoms with van der Waals surface area (Å²) in [5.74, 6) is -1.35. The van der Waals surface area contributed by atoms with Crippen molar-refractivity contribution in [3.8, 4) is 5.88 Å². The van der Waals surface area contributed by atoms with E-state index in [-0.39, 0.29) is 12.5 Å². The number of hydrogen-bond donors (Lipinski definition) is 0. The highest BCUT2D eigenvalue weighted by Gasteiger charge is 2.38. The molecule has 0 saturated carbocycles. The maximum absolute atomic E-state index is 13.0. The Balaban J connectivity index is 2.45. The standard InChI is InChI=1S/C16H15F6N3O/c1-3-25(11-6-4-5-10(2)7-11)14-23-8-12(16(20,21)22)13(24-14)26-9-15(17,18)19/h4-8H,3,9H2,1-2H3. The van der Waals surface area contributed by atoms with Gasteiger partial charge in [0.1, 0.15) is 5.56 Å². The summed E-state index contributed by atoms with van der Waals surface area (Å²) >= 11 is 0. The van der Waals surface area contributed by atoms with Crippen molar-refractivity contribution >= 4 is 11.6 Å². The van der Waals surface area contributed by atoms with E-state index in [2.05, 4.69) is 14.7 Å². The fourth-order valence-electron chi connectivity index (χ4n) is 2.18. The first kappa shape index (κ1) is 19.8. The summed E-state index contributed by atoms with van der Waals surface area (Å²) in [6.07, 6.45) is -9.32. The van der Waals surface area contributed by atoms with Crippen LogP contribution in [-0.4, -0.2) is 29.3 Å². The molecule has 0 atom stereocenters. The second-order valence-corrected chi connectivity index (χ2v) is 5.37. The van der Waals surface area contributed by atoms with E-state index in [4.69, 9.17) is 0 Å². The highest BCUT2D eigenvalue weighted by atomic mass is 19.4. The number of aromatic nitrogens is 2. The van der Waals surface area contributed by atoms with Gasteiger partial charge in [0.25, 0.3) is 0 Å². The van der Waals surface area contributed by atoms with E-state index in [1.165, 1.54) is 4.90 Å². The molecule has 0 aliphatic heterocycles. The monoisotopic (exact) mass is 379 g/mol. The Morgan fingerprint density at radius 3 is 2.35 bits per heavy atom. The smallest absolute Gasteiger partial charge is 0.423 e. The zero-order chi connectivity index (χ0) is 19.5. The van der Waals surface area contributed by atoms with Crippen LogP contribution in [0.1, 0.15) is 18.1 Å². The van der Waals surface area contributed by atoms with E-state index in [0.29, 0.717) is 11.9 Å². The number of hydrogen-bond acceptors (Lipinski definition) is 4. The van der Waals surface area contributed by atoms with Gasteiger partial charge in [-0.05, 0) is 31.5 Å². The van der Waals surface area contributed by atoms with Crippen LogP contribution in [0.4, 0.5) is 38.0 Å². The van der Waals surface area contributed by atoms with Crippen molar-refractivity contribution < 1.29 is 31.1 Å². The van der Waals surface area contributed by atoms with Crippen LogP contribution in [0.5, 0.6) is 5.88 Å². The van der Waals surface area contributed by atoms with Gasteiger partial charge in [-0.1, -0.05) is 12.1 Å². The normalized spacial score (nSPS) is 12.2. The van der Waals surface area contributed by atoms with Crippen molar-refractivity contribution in [3.63, 3.8) is 0 Å². The molecular formula is C16H15F6N3O. The minimum Gasteiger partial charge on any atom is -0.467 e. The highest BCUT2D eigenvalue weighted by Crippen LogP contribution is 2.36. The summed E-state index contributed by atoms with van der Waals surface area (Å²) in [7, 11) is 0. The van der Waals surface area contributed by atoms with Crippen molar-refractivity contribution in [2.75, 3.05) is 18.1 Å². The Morgan fingerprint density at radius 1 is 1.12 bits per heavy atom. The van der Waals surface area contributed by atoms with Gasteiger partial charge in [-0.25, -0.2) is 4.98 Å². The molecule has 1 aromatic carbocycles. The van der Waals surface area contributed by atoms with Crippen LogP contribution < -0.4 is 9.64 Å². The quantitative estimate of drug-likeness (QED) is 0.693. The summed E-state index contributed by atoms with van der Waals surface area (Å²) in [5.41, 5.74) is 0.0150. The van der Waals surface area contributed by atoms with Crippen LogP contribution in [0.25, 0.3) is 0 Å². The molecule has 1 heterocycles. The zero-order valence-corrected chi connectivity index (χ0v) is 13.8. The molecule has 2 rings (SSSR count). The van der Waals surface area contributed by atoms with Crippen LogP contribution in [0.3, 0.4) is 0 Å². The first-order valence-electron chi connectivity index (χ1n) is 7.49. The maximum Gasteiger partial charge on any atom is 0.423 e. The minimum atomic E-state index is -4.94. The van der Waals surface area contributed by atoms with Gasteiger partial charge in [0.2, 0.25) is 11.8 Å². The molecule has 1 aromatic heterocycles. The molecule has 0 saturated heterocycles. The summed E-state index contributed by atoms with van der Waals surface area (Å²) in [4.78, 5) is 8.72. The number of benzene rings is 1. The molecule has 2 aromatic rings. The second-order valence-electron chi connectivity index (χ2n) is 5.37. The molecule has 10 heteroatoms. The molecule has 0 unspecified atom stereocenters. The second kappa shape index (κ2) is 7.38. The SMILES string of the molecule is CCN(c1cccc(C)c1)c1ncc(C(F)(F)F)c(OCC(F)(F)F)n1. The third kappa shape index (κ3) is 4.99. The number of anilines is 2. The largest absolute Gasteiger partial charge is 0.467 e. The van der Waals surface area contributed by atoms with Crippen molar-refractivity contribution in [2.24, 2.45) is 0 Å². The number of halogens is 6. The van der Waals surface area contributed by atoms with Crippen LogP contribution in [0, 0.1) is 6.92 Å². The van der Waals surface area contributed by atoms with Crippen molar-refractivity contribution in [1.82, 2.24) is 9.97 Å². The lowest BCUT2D eigenvalue weighted by atomic mass is 10.2. The number of ether oxygens (including phenoxy) is 1. The molecule has 26 heavy (non-hydrogen) atoms. The number of rotatable bonds is 5. The Morgan fingerprint density at radius 2 is 1.81 bits per heavy atom. The zero-order valence-electron chi connectivity index (χ0n) is 13.8. The Kier molecular flexibility index (Phi) is 5.62.